The third kappa shape index (κ3) is 6.30. The molecule has 8 nitrogen and oxygen atoms in total. The Hall–Kier alpha value is -2.80. The average molecular weight is 532 g/mol. The van der Waals surface area contributed by atoms with Crippen molar-refractivity contribution in [2.24, 2.45) is 0 Å². The number of carbonyl (C=O) groups excluding carboxylic acids is 2. The smallest absolute Gasteiger partial charge is 0.386 e. The maximum absolute atomic E-state index is 13.6. The number of benzene rings is 1. The number of pyridine rings is 1. The quantitative estimate of drug-likeness (QED) is 0.382. The maximum atomic E-state index is 13.6. The largest absolute Gasteiger partial charge is 0.416 e. The van der Waals surface area contributed by atoms with Gasteiger partial charge in [0.05, 0.1) is 10.6 Å². The SMILES string of the molecule is Cc1cc(C(F)(F)F)cc(N(C=O)C(CN(C)CC2(O)CNC2)C(=O)N(C)c2ccc(F)c(Cl)c2)n1. The van der Waals surface area contributed by atoms with Gasteiger partial charge in [-0.3, -0.25) is 14.5 Å². The van der Waals surface area contributed by atoms with Gasteiger partial charge in [0.2, 0.25) is 6.41 Å². The number of nitrogens with zero attached hydrogens (tertiary/aromatic N) is 4. The van der Waals surface area contributed by atoms with Crippen LogP contribution in [-0.2, 0) is 15.8 Å². The second-order valence-electron chi connectivity index (χ2n) is 8.90. The third-order valence-electron chi connectivity index (χ3n) is 5.84. The molecule has 2 N–H and O–H groups in total. The number of anilines is 2. The lowest BCUT2D eigenvalue weighted by Gasteiger charge is -2.41. The molecule has 3 rings (SSSR count). The van der Waals surface area contributed by atoms with Gasteiger partial charge in [0.25, 0.3) is 5.91 Å². The Morgan fingerprint density at radius 3 is 2.47 bits per heavy atom. The lowest BCUT2D eigenvalue weighted by molar-refractivity contribution is -0.137. The number of hydrogen-bond acceptors (Lipinski definition) is 6. The fourth-order valence-corrected chi connectivity index (χ4v) is 4.13. The normalized spacial score (nSPS) is 15.8. The number of nitrogens with one attached hydrogen (secondary N) is 1. The zero-order chi connectivity index (χ0) is 26.8. The number of amides is 2. The molecular weight excluding hydrogens is 506 g/mol. The van der Waals surface area contributed by atoms with Gasteiger partial charge >= 0.3 is 6.18 Å². The Morgan fingerprint density at radius 2 is 1.94 bits per heavy atom. The molecule has 196 valence electrons. The van der Waals surface area contributed by atoms with Crippen LogP contribution in [0, 0.1) is 12.7 Å². The number of carbonyl (C=O) groups is 2. The van der Waals surface area contributed by atoms with Gasteiger partial charge in [0.1, 0.15) is 23.3 Å². The topological polar surface area (TPSA) is 89.0 Å². The van der Waals surface area contributed by atoms with E-state index < -0.39 is 35.1 Å². The third-order valence-corrected chi connectivity index (χ3v) is 6.13. The first-order chi connectivity index (χ1) is 16.7. The van der Waals surface area contributed by atoms with E-state index in [-0.39, 0.29) is 41.7 Å². The van der Waals surface area contributed by atoms with Crippen molar-refractivity contribution in [3.63, 3.8) is 0 Å². The molecule has 2 aromatic rings. The molecule has 0 aliphatic carbocycles. The molecule has 1 fully saturated rings. The van der Waals surface area contributed by atoms with Crippen LogP contribution in [-0.4, -0.2) is 79.2 Å². The Kier molecular flexibility index (Phi) is 8.23. The van der Waals surface area contributed by atoms with Crippen molar-refractivity contribution in [3.8, 4) is 0 Å². The Labute approximate surface area is 210 Å². The summed E-state index contributed by atoms with van der Waals surface area (Å²) < 4.78 is 54.0. The van der Waals surface area contributed by atoms with Crippen molar-refractivity contribution in [1.82, 2.24) is 15.2 Å². The standard InChI is InChI=1S/C23H26ClF4N5O3/c1-14-6-15(23(26,27)28)7-20(30-14)33(13-34)19(9-31(2)12-22(36)10-29-11-22)21(35)32(3)16-4-5-18(25)17(24)8-16/h4-8,13,19,29,36H,9-12H2,1-3H3. The zero-order valence-electron chi connectivity index (χ0n) is 19.8. The predicted octanol–water partition coefficient (Wildman–Crippen LogP) is 2.46. The summed E-state index contributed by atoms with van der Waals surface area (Å²) in [6.07, 6.45) is -4.46. The van der Waals surface area contributed by atoms with Crippen molar-refractivity contribution in [2.45, 2.75) is 24.7 Å². The molecule has 1 atom stereocenters. The first-order valence-electron chi connectivity index (χ1n) is 10.9. The molecule has 36 heavy (non-hydrogen) atoms. The molecule has 0 radical (unpaired) electrons. The molecular formula is C23H26ClF4N5O3. The molecule has 0 bridgehead atoms. The van der Waals surface area contributed by atoms with Crippen LogP contribution in [0.4, 0.5) is 29.1 Å². The van der Waals surface area contributed by atoms with Crippen LogP contribution in [0.5, 0.6) is 0 Å². The van der Waals surface area contributed by atoms with Crippen LogP contribution in [0.1, 0.15) is 11.3 Å². The van der Waals surface area contributed by atoms with Gasteiger partial charge < -0.3 is 20.2 Å². The van der Waals surface area contributed by atoms with Crippen LogP contribution in [0.3, 0.4) is 0 Å². The highest BCUT2D eigenvalue weighted by molar-refractivity contribution is 6.31. The Bertz CT molecular complexity index is 1130. The van der Waals surface area contributed by atoms with Crippen molar-refractivity contribution in [1.29, 1.82) is 0 Å². The summed E-state index contributed by atoms with van der Waals surface area (Å²) in [5.41, 5.74) is -1.86. The monoisotopic (exact) mass is 531 g/mol. The molecule has 1 aromatic heterocycles. The highest BCUT2D eigenvalue weighted by Gasteiger charge is 2.39. The van der Waals surface area contributed by atoms with Gasteiger partial charge in [-0.2, -0.15) is 13.2 Å². The van der Waals surface area contributed by atoms with Crippen molar-refractivity contribution >= 4 is 35.4 Å². The second kappa shape index (κ2) is 10.7. The number of aromatic nitrogens is 1. The van der Waals surface area contributed by atoms with Crippen LogP contribution < -0.4 is 15.1 Å². The fourth-order valence-electron chi connectivity index (χ4n) is 3.95. The minimum atomic E-state index is -4.70. The number of halogens is 5. The van der Waals surface area contributed by atoms with E-state index in [1.54, 1.807) is 11.9 Å². The van der Waals surface area contributed by atoms with Gasteiger partial charge in [-0.1, -0.05) is 11.6 Å². The van der Waals surface area contributed by atoms with Gasteiger partial charge in [-0.05, 0) is 44.3 Å². The molecule has 1 unspecified atom stereocenters. The summed E-state index contributed by atoms with van der Waals surface area (Å²) in [6.45, 7) is 2.00. The highest BCUT2D eigenvalue weighted by Crippen LogP contribution is 2.32. The number of hydrogen-bond donors (Lipinski definition) is 2. The van der Waals surface area contributed by atoms with Crippen molar-refractivity contribution in [2.75, 3.05) is 50.1 Å². The lowest BCUT2D eigenvalue weighted by atomic mass is 9.96. The van der Waals surface area contributed by atoms with Crippen LogP contribution in [0.25, 0.3) is 0 Å². The molecule has 1 saturated heterocycles. The number of rotatable bonds is 9. The summed E-state index contributed by atoms with van der Waals surface area (Å²) in [6, 6.07) is 3.78. The van der Waals surface area contributed by atoms with Gasteiger partial charge in [-0.25, -0.2) is 9.37 Å². The Balaban J connectivity index is 2.00. The number of aliphatic hydroxyl groups is 1. The first kappa shape index (κ1) is 27.8. The zero-order valence-corrected chi connectivity index (χ0v) is 20.6. The molecule has 0 saturated carbocycles. The average Bonchev–Trinajstić information content (AvgIpc) is 2.77. The molecule has 1 aromatic carbocycles. The van der Waals surface area contributed by atoms with E-state index in [0.717, 1.165) is 21.9 Å². The van der Waals surface area contributed by atoms with E-state index in [2.05, 4.69) is 10.3 Å². The summed E-state index contributed by atoms with van der Waals surface area (Å²) in [4.78, 5) is 33.4. The molecule has 13 heteroatoms. The summed E-state index contributed by atoms with van der Waals surface area (Å²) in [7, 11) is 2.98. The molecule has 0 spiro atoms. The number of aryl methyl sites for hydroxylation is 1. The van der Waals surface area contributed by atoms with Crippen LogP contribution >= 0.6 is 11.6 Å². The second-order valence-corrected chi connectivity index (χ2v) is 9.31. The number of alkyl halides is 3. The molecule has 2 amide bonds. The van der Waals surface area contributed by atoms with Crippen molar-refractivity contribution in [3.05, 3.63) is 52.4 Å². The highest BCUT2D eigenvalue weighted by atomic mass is 35.5. The molecule has 1 aliphatic rings. The molecule has 2 heterocycles. The number of β-amino-alcohol motifs (C(OH)–C–C–N with tert-alkyl or cyclic N) is 1. The summed E-state index contributed by atoms with van der Waals surface area (Å²) in [5.74, 6) is -1.75. The summed E-state index contributed by atoms with van der Waals surface area (Å²) in [5, 5.41) is 13.2. The van der Waals surface area contributed by atoms with E-state index in [0.29, 0.717) is 19.2 Å². The minimum absolute atomic E-state index is 0.000229. The first-order valence-corrected chi connectivity index (χ1v) is 11.3. The van der Waals surface area contributed by atoms with Gasteiger partial charge in [0, 0.05) is 44.6 Å². The van der Waals surface area contributed by atoms with E-state index in [1.807, 2.05) is 0 Å². The minimum Gasteiger partial charge on any atom is -0.386 e. The van der Waals surface area contributed by atoms with Gasteiger partial charge in [0.15, 0.2) is 0 Å². The van der Waals surface area contributed by atoms with E-state index >= 15 is 0 Å². The van der Waals surface area contributed by atoms with E-state index in [1.165, 1.54) is 26.1 Å². The van der Waals surface area contributed by atoms with E-state index in [4.69, 9.17) is 11.6 Å². The Morgan fingerprint density at radius 1 is 1.28 bits per heavy atom. The predicted molar refractivity (Wildman–Crippen MR) is 126 cm³/mol. The fraction of sp³-hybridized carbons (Fsp3) is 0.435. The maximum Gasteiger partial charge on any atom is 0.416 e. The summed E-state index contributed by atoms with van der Waals surface area (Å²) >= 11 is 5.85. The van der Waals surface area contributed by atoms with Crippen LogP contribution in [0.15, 0.2) is 30.3 Å². The van der Waals surface area contributed by atoms with Crippen LogP contribution in [0.2, 0.25) is 5.02 Å². The lowest BCUT2D eigenvalue weighted by Crippen LogP contribution is -2.65. The number of likely N-dealkylation sites (N-methyl/N-ethyl adjacent to an activating group) is 2. The van der Waals surface area contributed by atoms with Crippen molar-refractivity contribution < 1.29 is 32.3 Å². The van der Waals surface area contributed by atoms with E-state index in [9.17, 15) is 32.3 Å². The van der Waals surface area contributed by atoms with Gasteiger partial charge in [-0.15, -0.1) is 0 Å². The molecule has 1 aliphatic heterocycles.